The van der Waals surface area contributed by atoms with Crippen molar-refractivity contribution in [2.45, 2.75) is 11.8 Å². The van der Waals surface area contributed by atoms with Gasteiger partial charge < -0.3 is 0 Å². The highest BCUT2D eigenvalue weighted by Crippen LogP contribution is 2.33. The molecule has 5 aromatic rings. The topological polar surface area (TPSA) is 0 Å². The van der Waals surface area contributed by atoms with Gasteiger partial charge in [-0.2, -0.15) is 0 Å². The summed E-state index contributed by atoms with van der Waals surface area (Å²) in [5.74, 6) is 0. The lowest BCUT2D eigenvalue weighted by Crippen LogP contribution is -1.87. The van der Waals surface area contributed by atoms with Crippen LogP contribution in [-0.4, -0.2) is 0 Å². The summed E-state index contributed by atoms with van der Waals surface area (Å²) in [4.78, 5) is 0.997. The van der Waals surface area contributed by atoms with Crippen molar-refractivity contribution in [2.75, 3.05) is 0 Å². The standard InChI is InChI=1S/C29H22S/c1-20-26-10-3-2-7-22(26)17-18-27(20)23-15-13-21(14-16-23)24-8-6-9-25(19-24)28-11-4-5-12-29(28)30/h2-19,30H,1H3. The number of hydrogen-bond acceptors (Lipinski definition) is 1. The first-order valence-corrected chi connectivity index (χ1v) is 10.6. The highest BCUT2D eigenvalue weighted by Gasteiger charge is 2.08. The predicted octanol–water partition coefficient (Wildman–Crippen LogP) is 8.44. The van der Waals surface area contributed by atoms with Crippen LogP contribution in [0.4, 0.5) is 0 Å². The Morgan fingerprint density at radius 3 is 2.03 bits per heavy atom. The van der Waals surface area contributed by atoms with E-state index >= 15 is 0 Å². The van der Waals surface area contributed by atoms with Crippen LogP contribution in [0.5, 0.6) is 0 Å². The summed E-state index contributed by atoms with van der Waals surface area (Å²) in [6.45, 7) is 2.21. The van der Waals surface area contributed by atoms with E-state index in [0.29, 0.717) is 0 Å². The van der Waals surface area contributed by atoms with Gasteiger partial charge in [-0.3, -0.25) is 0 Å². The monoisotopic (exact) mass is 402 g/mol. The SMILES string of the molecule is Cc1c(-c2ccc(-c3cccc(-c4ccccc4S)c3)cc2)ccc2ccccc12. The van der Waals surface area contributed by atoms with E-state index in [1.54, 1.807) is 0 Å². The largest absolute Gasteiger partial charge is 0.143 e. The Morgan fingerprint density at radius 2 is 1.20 bits per heavy atom. The molecule has 0 fully saturated rings. The second-order valence-electron chi connectivity index (χ2n) is 7.63. The molecule has 144 valence electrons. The lowest BCUT2D eigenvalue weighted by Gasteiger charge is -2.11. The maximum atomic E-state index is 4.62. The van der Waals surface area contributed by atoms with Crippen molar-refractivity contribution in [1.82, 2.24) is 0 Å². The normalized spacial score (nSPS) is 11.0. The van der Waals surface area contributed by atoms with Gasteiger partial charge in [-0.25, -0.2) is 0 Å². The summed E-state index contributed by atoms with van der Waals surface area (Å²) >= 11 is 4.62. The molecule has 0 unspecified atom stereocenters. The average Bonchev–Trinajstić information content (AvgIpc) is 2.80. The molecule has 0 atom stereocenters. The van der Waals surface area contributed by atoms with E-state index in [4.69, 9.17) is 0 Å². The Balaban J connectivity index is 1.51. The van der Waals surface area contributed by atoms with Crippen LogP contribution in [-0.2, 0) is 0 Å². The van der Waals surface area contributed by atoms with Crippen molar-refractivity contribution in [2.24, 2.45) is 0 Å². The van der Waals surface area contributed by atoms with Gasteiger partial charge in [0.1, 0.15) is 0 Å². The Hall–Kier alpha value is -3.29. The van der Waals surface area contributed by atoms with Gasteiger partial charge in [0.2, 0.25) is 0 Å². The Bertz CT molecular complexity index is 1350. The number of aryl methyl sites for hydroxylation is 1. The highest BCUT2D eigenvalue weighted by atomic mass is 32.1. The van der Waals surface area contributed by atoms with Crippen molar-refractivity contribution in [3.05, 3.63) is 115 Å². The molecule has 0 heterocycles. The summed E-state index contributed by atoms with van der Waals surface area (Å²) < 4.78 is 0. The minimum atomic E-state index is 0.997. The molecule has 0 saturated heterocycles. The third-order valence-corrected chi connectivity index (χ3v) is 6.20. The highest BCUT2D eigenvalue weighted by molar-refractivity contribution is 7.80. The maximum absolute atomic E-state index is 4.62. The Labute approximate surface area is 183 Å². The minimum absolute atomic E-state index is 0.997. The van der Waals surface area contributed by atoms with Crippen molar-refractivity contribution >= 4 is 23.4 Å². The molecule has 0 spiro atoms. The maximum Gasteiger partial charge on any atom is 0.0119 e. The number of hydrogen-bond donors (Lipinski definition) is 1. The van der Waals surface area contributed by atoms with E-state index < -0.39 is 0 Å². The first kappa shape index (κ1) is 18.7. The minimum Gasteiger partial charge on any atom is -0.143 e. The Morgan fingerprint density at radius 1 is 0.500 bits per heavy atom. The van der Waals surface area contributed by atoms with Crippen LogP contribution in [0.25, 0.3) is 44.2 Å². The summed E-state index contributed by atoms with van der Waals surface area (Å²) in [6.07, 6.45) is 0. The number of benzene rings is 5. The smallest absolute Gasteiger partial charge is 0.0119 e. The van der Waals surface area contributed by atoms with Gasteiger partial charge in [0.05, 0.1) is 0 Å². The third-order valence-electron chi connectivity index (χ3n) is 5.81. The summed E-state index contributed by atoms with van der Waals surface area (Å²) in [5, 5.41) is 2.61. The van der Waals surface area contributed by atoms with Gasteiger partial charge in [-0.15, -0.1) is 12.6 Å². The molecule has 5 rings (SSSR count). The van der Waals surface area contributed by atoms with Gasteiger partial charge in [-0.05, 0) is 68.8 Å². The fraction of sp³-hybridized carbons (Fsp3) is 0.0345. The van der Waals surface area contributed by atoms with E-state index in [-0.39, 0.29) is 0 Å². The van der Waals surface area contributed by atoms with Gasteiger partial charge in [0, 0.05) is 4.90 Å². The van der Waals surface area contributed by atoms with Crippen LogP contribution in [0.1, 0.15) is 5.56 Å². The molecule has 1 heteroatoms. The van der Waals surface area contributed by atoms with Gasteiger partial charge in [-0.1, -0.05) is 97.1 Å². The molecule has 5 aromatic carbocycles. The lowest BCUT2D eigenvalue weighted by atomic mass is 9.93. The molecule has 0 saturated carbocycles. The first-order chi connectivity index (χ1) is 14.7. The zero-order valence-corrected chi connectivity index (χ0v) is 17.7. The molecule has 30 heavy (non-hydrogen) atoms. The van der Waals surface area contributed by atoms with E-state index in [1.807, 2.05) is 12.1 Å². The van der Waals surface area contributed by atoms with Crippen LogP contribution < -0.4 is 0 Å². The molecular formula is C29H22S. The first-order valence-electron chi connectivity index (χ1n) is 10.2. The average molecular weight is 403 g/mol. The molecular weight excluding hydrogens is 380 g/mol. The molecule has 0 nitrogen and oxygen atoms in total. The van der Waals surface area contributed by atoms with Crippen molar-refractivity contribution in [1.29, 1.82) is 0 Å². The molecule has 0 N–H and O–H groups in total. The quantitative estimate of drug-likeness (QED) is 0.288. The van der Waals surface area contributed by atoms with Gasteiger partial charge >= 0.3 is 0 Å². The molecule has 0 aliphatic carbocycles. The van der Waals surface area contributed by atoms with Crippen molar-refractivity contribution < 1.29 is 0 Å². The summed E-state index contributed by atoms with van der Waals surface area (Å²) in [5.41, 5.74) is 8.64. The lowest BCUT2D eigenvalue weighted by molar-refractivity contribution is 1.45. The zero-order chi connectivity index (χ0) is 20.5. The molecule has 0 radical (unpaired) electrons. The second-order valence-corrected chi connectivity index (χ2v) is 8.12. The van der Waals surface area contributed by atoms with Gasteiger partial charge in [0.25, 0.3) is 0 Å². The molecule has 0 aliphatic heterocycles. The van der Waals surface area contributed by atoms with E-state index in [1.165, 1.54) is 44.2 Å². The molecule has 0 aliphatic rings. The molecule has 0 aromatic heterocycles. The van der Waals surface area contributed by atoms with Crippen LogP contribution in [0, 0.1) is 6.92 Å². The summed E-state index contributed by atoms with van der Waals surface area (Å²) in [7, 11) is 0. The van der Waals surface area contributed by atoms with E-state index in [2.05, 4.69) is 117 Å². The third kappa shape index (κ3) is 3.42. The van der Waals surface area contributed by atoms with Crippen LogP contribution in [0.2, 0.25) is 0 Å². The number of rotatable bonds is 3. The number of fused-ring (bicyclic) bond motifs is 1. The Kier molecular flexibility index (Phi) is 4.90. The summed E-state index contributed by atoms with van der Waals surface area (Å²) in [6, 6.07) is 38.8. The van der Waals surface area contributed by atoms with Crippen LogP contribution >= 0.6 is 12.6 Å². The van der Waals surface area contributed by atoms with E-state index in [0.717, 1.165) is 10.5 Å². The zero-order valence-electron chi connectivity index (χ0n) is 16.8. The molecule has 0 amide bonds. The van der Waals surface area contributed by atoms with Crippen LogP contribution in [0.3, 0.4) is 0 Å². The van der Waals surface area contributed by atoms with Gasteiger partial charge in [0.15, 0.2) is 0 Å². The van der Waals surface area contributed by atoms with Crippen molar-refractivity contribution in [3.63, 3.8) is 0 Å². The van der Waals surface area contributed by atoms with E-state index in [9.17, 15) is 0 Å². The predicted molar refractivity (Wildman–Crippen MR) is 132 cm³/mol. The van der Waals surface area contributed by atoms with Crippen molar-refractivity contribution in [3.8, 4) is 33.4 Å². The number of thiol groups is 1. The fourth-order valence-electron chi connectivity index (χ4n) is 4.17. The fourth-order valence-corrected chi connectivity index (χ4v) is 4.46. The molecule has 0 bridgehead atoms. The second kappa shape index (κ2) is 7.85. The van der Waals surface area contributed by atoms with Crippen LogP contribution in [0.15, 0.2) is 114 Å².